The molecular formula is C19H26N2O3. The second-order valence-corrected chi connectivity index (χ2v) is 6.95. The maximum Gasteiger partial charge on any atom is 0.254 e. The van der Waals surface area contributed by atoms with Gasteiger partial charge in [-0.05, 0) is 43.2 Å². The molecule has 2 amide bonds. The lowest BCUT2D eigenvalue weighted by atomic mass is 9.83. The van der Waals surface area contributed by atoms with Gasteiger partial charge in [0, 0.05) is 36.3 Å². The lowest BCUT2D eigenvalue weighted by Gasteiger charge is -2.36. The van der Waals surface area contributed by atoms with Crippen LogP contribution in [-0.4, -0.2) is 48.1 Å². The van der Waals surface area contributed by atoms with Gasteiger partial charge in [-0.3, -0.25) is 9.59 Å². The predicted octanol–water partition coefficient (Wildman–Crippen LogP) is 2.46. The summed E-state index contributed by atoms with van der Waals surface area (Å²) in [7, 11) is 1.67. The lowest BCUT2D eigenvalue weighted by molar-refractivity contribution is -0.113. The predicted molar refractivity (Wildman–Crippen MR) is 95.0 cm³/mol. The number of likely N-dealkylation sites (tertiary alicyclic amines) is 1. The van der Waals surface area contributed by atoms with E-state index in [-0.39, 0.29) is 29.9 Å². The molecule has 1 unspecified atom stereocenters. The molecule has 1 fully saturated rings. The molecule has 5 heteroatoms. The molecule has 0 radical (unpaired) electrons. The minimum absolute atomic E-state index is 0.0247. The molecule has 1 heterocycles. The third-order valence-corrected chi connectivity index (χ3v) is 4.83. The molecule has 24 heavy (non-hydrogen) atoms. The highest BCUT2D eigenvalue weighted by Gasteiger charge is 2.39. The molecular weight excluding hydrogens is 304 g/mol. The molecule has 1 aromatic carbocycles. The van der Waals surface area contributed by atoms with Crippen molar-refractivity contribution in [3.8, 4) is 0 Å². The van der Waals surface area contributed by atoms with E-state index in [2.05, 4.69) is 6.58 Å². The first-order valence-electron chi connectivity index (χ1n) is 8.24. The molecule has 1 aromatic rings. The monoisotopic (exact) mass is 330 g/mol. The number of carbonyl (C=O) groups excluding carboxylic acids is 2. The number of amides is 2. The van der Waals surface area contributed by atoms with Crippen molar-refractivity contribution in [3.63, 3.8) is 0 Å². The molecule has 130 valence electrons. The Morgan fingerprint density at radius 1 is 1.38 bits per heavy atom. The fraction of sp³-hybridized carbons (Fsp3) is 0.474. The minimum Gasteiger partial charge on any atom is -0.396 e. The van der Waals surface area contributed by atoms with Gasteiger partial charge in [-0.1, -0.05) is 20.4 Å². The Morgan fingerprint density at radius 2 is 2.00 bits per heavy atom. The molecule has 1 aliphatic heterocycles. The van der Waals surface area contributed by atoms with E-state index >= 15 is 0 Å². The average Bonchev–Trinajstić information content (AvgIpc) is 3.10. The Bertz CT molecular complexity index is 622. The Morgan fingerprint density at radius 3 is 2.54 bits per heavy atom. The van der Waals surface area contributed by atoms with Crippen molar-refractivity contribution in [3.05, 3.63) is 42.5 Å². The molecule has 0 aliphatic carbocycles. The Labute approximate surface area is 143 Å². The zero-order valence-corrected chi connectivity index (χ0v) is 14.7. The van der Waals surface area contributed by atoms with Crippen LogP contribution in [0.5, 0.6) is 0 Å². The van der Waals surface area contributed by atoms with Gasteiger partial charge in [-0.25, -0.2) is 0 Å². The van der Waals surface area contributed by atoms with Gasteiger partial charge in [0.1, 0.15) is 0 Å². The van der Waals surface area contributed by atoms with Crippen LogP contribution in [0, 0.1) is 5.41 Å². The molecule has 2 rings (SSSR count). The maximum absolute atomic E-state index is 12.8. The molecule has 1 aliphatic rings. The van der Waals surface area contributed by atoms with E-state index in [1.54, 1.807) is 31.3 Å². The summed E-state index contributed by atoms with van der Waals surface area (Å²) < 4.78 is 0. The standard InChI is InChI=1S/C19H26N2O3/c1-5-17(23)20(4)15-10-8-14(9-11-15)18(24)21-12-6-7-16(21)19(2,3)13-22/h5,8-11,16,22H,1,6-7,12-13H2,2-4H3. The lowest BCUT2D eigenvalue weighted by Crippen LogP contribution is -2.46. The smallest absolute Gasteiger partial charge is 0.254 e. The van der Waals surface area contributed by atoms with E-state index in [1.807, 2.05) is 18.7 Å². The van der Waals surface area contributed by atoms with Gasteiger partial charge in [-0.15, -0.1) is 0 Å². The van der Waals surface area contributed by atoms with Crippen molar-refractivity contribution >= 4 is 17.5 Å². The van der Waals surface area contributed by atoms with Crippen molar-refractivity contribution in [2.24, 2.45) is 5.41 Å². The fourth-order valence-electron chi connectivity index (χ4n) is 3.19. The normalized spacial score (nSPS) is 17.7. The number of anilines is 1. The van der Waals surface area contributed by atoms with Crippen molar-refractivity contribution in [1.82, 2.24) is 4.90 Å². The fourth-order valence-corrected chi connectivity index (χ4v) is 3.19. The molecule has 0 spiro atoms. The number of nitrogens with zero attached hydrogens (tertiary/aromatic N) is 2. The van der Waals surface area contributed by atoms with Gasteiger partial charge in [0.05, 0.1) is 6.61 Å². The van der Waals surface area contributed by atoms with E-state index in [0.29, 0.717) is 17.8 Å². The maximum atomic E-state index is 12.8. The summed E-state index contributed by atoms with van der Waals surface area (Å²) in [6.07, 6.45) is 3.12. The summed E-state index contributed by atoms with van der Waals surface area (Å²) in [5.41, 5.74) is 0.992. The molecule has 0 saturated carbocycles. The highest BCUT2D eigenvalue weighted by molar-refractivity contribution is 6.01. The van der Waals surface area contributed by atoms with Crippen LogP contribution in [0.4, 0.5) is 5.69 Å². The summed E-state index contributed by atoms with van der Waals surface area (Å²) in [4.78, 5) is 27.8. The van der Waals surface area contributed by atoms with Crippen LogP contribution in [0.1, 0.15) is 37.0 Å². The van der Waals surface area contributed by atoms with Gasteiger partial charge in [0.2, 0.25) is 5.91 Å². The van der Waals surface area contributed by atoms with Crippen LogP contribution in [0.3, 0.4) is 0 Å². The van der Waals surface area contributed by atoms with Gasteiger partial charge in [0.25, 0.3) is 5.91 Å². The first-order chi connectivity index (χ1) is 11.3. The minimum atomic E-state index is -0.317. The van der Waals surface area contributed by atoms with Crippen molar-refractivity contribution in [1.29, 1.82) is 0 Å². The van der Waals surface area contributed by atoms with Gasteiger partial charge >= 0.3 is 0 Å². The molecule has 1 N–H and O–H groups in total. The summed E-state index contributed by atoms with van der Waals surface area (Å²) in [6, 6.07) is 7.05. The number of carbonyl (C=O) groups is 2. The number of hydrogen-bond donors (Lipinski definition) is 1. The highest BCUT2D eigenvalue weighted by atomic mass is 16.3. The van der Waals surface area contributed by atoms with Crippen LogP contribution in [0.2, 0.25) is 0 Å². The van der Waals surface area contributed by atoms with Gasteiger partial charge in [-0.2, -0.15) is 0 Å². The Balaban J connectivity index is 2.18. The zero-order valence-electron chi connectivity index (χ0n) is 14.7. The number of aliphatic hydroxyl groups excluding tert-OH is 1. The second kappa shape index (κ2) is 7.18. The van der Waals surface area contributed by atoms with Crippen molar-refractivity contribution < 1.29 is 14.7 Å². The zero-order chi connectivity index (χ0) is 17.9. The molecule has 1 saturated heterocycles. The molecule has 0 bridgehead atoms. The van der Waals surface area contributed by atoms with E-state index in [1.165, 1.54) is 11.0 Å². The van der Waals surface area contributed by atoms with Crippen molar-refractivity contribution in [2.75, 3.05) is 25.1 Å². The van der Waals surface area contributed by atoms with Crippen LogP contribution in [-0.2, 0) is 4.79 Å². The Kier molecular flexibility index (Phi) is 5.44. The van der Waals surface area contributed by atoms with Crippen LogP contribution in [0.25, 0.3) is 0 Å². The molecule has 5 nitrogen and oxygen atoms in total. The molecule has 0 aromatic heterocycles. The van der Waals surface area contributed by atoms with E-state index in [0.717, 1.165) is 12.8 Å². The summed E-state index contributed by atoms with van der Waals surface area (Å²) >= 11 is 0. The highest BCUT2D eigenvalue weighted by Crippen LogP contribution is 2.34. The van der Waals surface area contributed by atoms with E-state index in [9.17, 15) is 14.7 Å². The van der Waals surface area contributed by atoms with Crippen LogP contribution < -0.4 is 4.90 Å². The molecule has 1 atom stereocenters. The third kappa shape index (κ3) is 3.51. The number of aliphatic hydroxyl groups is 1. The number of likely N-dealkylation sites (N-methyl/N-ethyl adjacent to an activating group) is 1. The number of hydrogen-bond acceptors (Lipinski definition) is 3. The average molecular weight is 330 g/mol. The first-order valence-corrected chi connectivity index (χ1v) is 8.24. The quantitative estimate of drug-likeness (QED) is 0.844. The largest absolute Gasteiger partial charge is 0.396 e. The third-order valence-electron chi connectivity index (χ3n) is 4.83. The summed E-state index contributed by atoms with van der Waals surface area (Å²) in [6.45, 7) is 8.21. The Hall–Kier alpha value is -2.14. The van der Waals surface area contributed by atoms with E-state index < -0.39 is 0 Å². The van der Waals surface area contributed by atoms with Crippen LogP contribution in [0.15, 0.2) is 36.9 Å². The van der Waals surface area contributed by atoms with Gasteiger partial charge in [0.15, 0.2) is 0 Å². The topological polar surface area (TPSA) is 60.9 Å². The number of benzene rings is 1. The van der Waals surface area contributed by atoms with Crippen LogP contribution >= 0.6 is 0 Å². The summed E-state index contributed by atoms with van der Waals surface area (Å²) in [5, 5.41) is 9.61. The van der Waals surface area contributed by atoms with Gasteiger partial charge < -0.3 is 14.9 Å². The summed E-state index contributed by atoms with van der Waals surface area (Å²) in [5.74, 6) is -0.221. The second-order valence-electron chi connectivity index (χ2n) is 6.95. The first kappa shape index (κ1) is 18.2. The van der Waals surface area contributed by atoms with E-state index in [4.69, 9.17) is 0 Å². The van der Waals surface area contributed by atoms with Crippen molar-refractivity contribution in [2.45, 2.75) is 32.7 Å². The number of rotatable bonds is 5. The SMILES string of the molecule is C=CC(=O)N(C)c1ccc(C(=O)N2CCCC2C(C)(C)CO)cc1.